The van der Waals surface area contributed by atoms with Gasteiger partial charge in [0.15, 0.2) is 6.61 Å². The molecule has 1 fully saturated rings. The number of benzene rings is 2. The molecule has 2 aliphatic heterocycles. The van der Waals surface area contributed by atoms with Gasteiger partial charge in [0.2, 0.25) is 5.91 Å². The molecule has 0 atom stereocenters. The van der Waals surface area contributed by atoms with Gasteiger partial charge in [0, 0.05) is 34.8 Å². The molecule has 1 saturated heterocycles. The maximum absolute atomic E-state index is 12.6. The second kappa shape index (κ2) is 8.85. The zero-order valence-electron chi connectivity index (χ0n) is 15.5. The van der Waals surface area contributed by atoms with Crippen LogP contribution in [-0.2, 0) is 9.59 Å². The zero-order chi connectivity index (χ0) is 20.4. The van der Waals surface area contributed by atoms with E-state index in [0.717, 1.165) is 34.8 Å². The molecular formula is C20H19BrClN3O3S. The number of rotatable bonds is 4. The average Bonchev–Trinajstić information content (AvgIpc) is 2.71. The van der Waals surface area contributed by atoms with Gasteiger partial charge in [-0.1, -0.05) is 27.5 Å². The van der Waals surface area contributed by atoms with E-state index < -0.39 is 0 Å². The fourth-order valence-electron chi connectivity index (χ4n) is 3.34. The van der Waals surface area contributed by atoms with Crippen molar-refractivity contribution >= 4 is 68.2 Å². The summed E-state index contributed by atoms with van der Waals surface area (Å²) in [6, 6.07) is 10.9. The van der Waals surface area contributed by atoms with E-state index in [-0.39, 0.29) is 25.0 Å². The Hall–Kier alpha value is -1.90. The van der Waals surface area contributed by atoms with Crippen molar-refractivity contribution in [3.05, 3.63) is 45.9 Å². The maximum Gasteiger partial charge on any atom is 0.265 e. The number of hydrogen-bond acceptors (Lipinski definition) is 5. The largest absolute Gasteiger partial charge is 0.482 e. The van der Waals surface area contributed by atoms with E-state index in [0.29, 0.717) is 22.1 Å². The third-order valence-corrected chi connectivity index (χ3v) is 6.49. The Labute approximate surface area is 186 Å². The maximum atomic E-state index is 12.6. The molecule has 2 aromatic rings. The van der Waals surface area contributed by atoms with Crippen LogP contribution in [0, 0.1) is 0 Å². The molecule has 29 heavy (non-hydrogen) atoms. The summed E-state index contributed by atoms with van der Waals surface area (Å²) in [6.07, 6.45) is 0. The lowest BCUT2D eigenvalue weighted by Gasteiger charge is -2.30. The minimum atomic E-state index is -0.299. The van der Waals surface area contributed by atoms with Crippen molar-refractivity contribution in [2.45, 2.75) is 0 Å². The van der Waals surface area contributed by atoms with Gasteiger partial charge in [-0.3, -0.25) is 14.5 Å². The normalized spacial score (nSPS) is 16.3. The molecule has 0 radical (unpaired) electrons. The molecular weight excluding hydrogens is 478 g/mol. The molecule has 4 rings (SSSR count). The van der Waals surface area contributed by atoms with Gasteiger partial charge >= 0.3 is 0 Å². The molecule has 9 heteroatoms. The predicted octanol–water partition coefficient (Wildman–Crippen LogP) is 4.02. The van der Waals surface area contributed by atoms with Gasteiger partial charge < -0.3 is 15.0 Å². The molecule has 0 saturated carbocycles. The number of hydrogen-bond donors (Lipinski definition) is 1. The van der Waals surface area contributed by atoms with Gasteiger partial charge in [0.25, 0.3) is 5.91 Å². The van der Waals surface area contributed by atoms with E-state index in [9.17, 15) is 9.59 Å². The highest BCUT2D eigenvalue weighted by Crippen LogP contribution is 2.34. The third kappa shape index (κ3) is 4.65. The van der Waals surface area contributed by atoms with Gasteiger partial charge in [-0.25, -0.2) is 0 Å². The number of anilines is 3. The van der Waals surface area contributed by atoms with Crippen LogP contribution in [0.2, 0.25) is 5.02 Å². The minimum Gasteiger partial charge on any atom is -0.482 e. The second-order valence-electron chi connectivity index (χ2n) is 6.69. The highest BCUT2D eigenvalue weighted by atomic mass is 79.9. The lowest BCUT2D eigenvalue weighted by molar-refractivity contribution is -0.123. The fourth-order valence-corrected chi connectivity index (χ4v) is 4.88. The first-order valence-corrected chi connectivity index (χ1v) is 11.5. The minimum absolute atomic E-state index is 0.0919. The molecule has 0 spiro atoms. The Morgan fingerprint density at radius 2 is 1.93 bits per heavy atom. The van der Waals surface area contributed by atoms with E-state index in [1.54, 1.807) is 18.2 Å². The third-order valence-electron chi connectivity index (χ3n) is 4.75. The van der Waals surface area contributed by atoms with Crippen molar-refractivity contribution < 1.29 is 14.3 Å². The highest BCUT2D eigenvalue weighted by molar-refractivity contribution is 9.10. The van der Waals surface area contributed by atoms with Crippen molar-refractivity contribution in [2.24, 2.45) is 0 Å². The van der Waals surface area contributed by atoms with Crippen LogP contribution in [0.15, 0.2) is 40.9 Å². The van der Waals surface area contributed by atoms with Crippen LogP contribution in [0.25, 0.3) is 0 Å². The Balaban J connectivity index is 1.45. The number of amides is 2. The Bertz CT molecular complexity index is 953. The quantitative estimate of drug-likeness (QED) is 0.693. The Morgan fingerprint density at radius 3 is 2.69 bits per heavy atom. The number of carbonyl (C=O) groups excluding carboxylic acids is 2. The number of nitrogens with zero attached hydrogens (tertiary/aromatic N) is 2. The molecule has 1 N–H and O–H groups in total. The van der Waals surface area contributed by atoms with Gasteiger partial charge in [-0.15, -0.1) is 0 Å². The van der Waals surface area contributed by atoms with Gasteiger partial charge in [-0.2, -0.15) is 11.8 Å². The van der Waals surface area contributed by atoms with Crippen LogP contribution in [0.5, 0.6) is 5.75 Å². The summed E-state index contributed by atoms with van der Waals surface area (Å²) in [5, 5.41) is 3.44. The van der Waals surface area contributed by atoms with Crippen molar-refractivity contribution in [3.8, 4) is 5.75 Å². The molecule has 6 nitrogen and oxygen atoms in total. The van der Waals surface area contributed by atoms with Crippen molar-refractivity contribution in [3.63, 3.8) is 0 Å². The van der Waals surface area contributed by atoms with E-state index in [1.807, 2.05) is 30.0 Å². The Morgan fingerprint density at radius 1 is 1.17 bits per heavy atom. The highest BCUT2D eigenvalue weighted by Gasteiger charge is 2.27. The first kappa shape index (κ1) is 20.4. The summed E-state index contributed by atoms with van der Waals surface area (Å²) in [7, 11) is 0. The van der Waals surface area contributed by atoms with Gasteiger partial charge in [0.05, 0.1) is 16.4 Å². The first-order chi connectivity index (χ1) is 14.0. The van der Waals surface area contributed by atoms with Crippen LogP contribution in [0.3, 0.4) is 0 Å². The monoisotopic (exact) mass is 495 g/mol. The standard InChI is InChI=1S/C20H19BrClN3O3S/c21-13-1-3-17-18(9-13)28-12-20(27)25(17)11-19(26)23-14-2-4-16(15(22)10-14)24-5-7-29-8-6-24/h1-4,9-10H,5-8,11-12H2,(H,23,26). The number of ether oxygens (including phenoxy) is 1. The van der Waals surface area contributed by atoms with E-state index >= 15 is 0 Å². The lowest BCUT2D eigenvalue weighted by Crippen LogP contribution is -2.43. The van der Waals surface area contributed by atoms with Gasteiger partial charge in [-0.05, 0) is 36.4 Å². The molecule has 2 aromatic carbocycles. The number of carbonyl (C=O) groups is 2. The molecule has 0 unspecified atom stereocenters. The SMILES string of the molecule is O=C(CN1C(=O)COc2cc(Br)ccc21)Nc1ccc(N2CCSCC2)c(Cl)c1. The number of fused-ring (bicyclic) bond motifs is 1. The van der Waals surface area contributed by atoms with Crippen LogP contribution in [-0.4, -0.2) is 49.6 Å². The summed E-state index contributed by atoms with van der Waals surface area (Å²) < 4.78 is 6.30. The number of halogens is 2. The van der Waals surface area contributed by atoms with E-state index in [2.05, 4.69) is 26.1 Å². The zero-order valence-corrected chi connectivity index (χ0v) is 18.6. The Kier molecular flexibility index (Phi) is 6.22. The summed E-state index contributed by atoms with van der Waals surface area (Å²) in [4.78, 5) is 28.6. The molecule has 0 bridgehead atoms. The second-order valence-corrected chi connectivity index (χ2v) is 9.24. The fraction of sp³-hybridized carbons (Fsp3) is 0.300. The molecule has 0 aromatic heterocycles. The van der Waals surface area contributed by atoms with Crippen molar-refractivity contribution in [1.29, 1.82) is 0 Å². The first-order valence-electron chi connectivity index (χ1n) is 9.16. The molecule has 152 valence electrons. The molecule has 2 aliphatic rings. The smallest absolute Gasteiger partial charge is 0.265 e. The number of nitrogens with one attached hydrogen (secondary N) is 1. The molecule has 2 amide bonds. The number of thioether (sulfide) groups is 1. The topological polar surface area (TPSA) is 61.9 Å². The van der Waals surface area contributed by atoms with Crippen LogP contribution in [0.4, 0.5) is 17.1 Å². The van der Waals surface area contributed by atoms with Crippen molar-refractivity contribution in [1.82, 2.24) is 0 Å². The van der Waals surface area contributed by atoms with E-state index in [4.69, 9.17) is 16.3 Å². The summed E-state index contributed by atoms with van der Waals surface area (Å²) >= 11 is 11.8. The van der Waals surface area contributed by atoms with E-state index in [1.165, 1.54) is 4.90 Å². The van der Waals surface area contributed by atoms with Crippen molar-refractivity contribution in [2.75, 3.05) is 52.9 Å². The molecule has 0 aliphatic carbocycles. The summed E-state index contributed by atoms with van der Waals surface area (Å²) in [5.74, 6) is 2.18. The van der Waals surface area contributed by atoms with Crippen LogP contribution < -0.4 is 19.9 Å². The molecule has 2 heterocycles. The van der Waals surface area contributed by atoms with Crippen LogP contribution in [0.1, 0.15) is 0 Å². The lowest BCUT2D eigenvalue weighted by atomic mass is 10.2. The average molecular weight is 497 g/mol. The summed E-state index contributed by atoms with van der Waals surface area (Å²) in [5.41, 5.74) is 2.16. The van der Waals surface area contributed by atoms with Crippen LogP contribution >= 0.6 is 39.3 Å². The van der Waals surface area contributed by atoms with Gasteiger partial charge in [0.1, 0.15) is 12.3 Å². The predicted molar refractivity (Wildman–Crippen MR) is 122 cm³/mol. The summed E-state index contributed by atoms with van der Waals surface area (Å²) in [6.45, 7) is 1.74.